The molecule has 0 aliphatic carbocycles. The Kier molecular flexibility index (Phi) is 5.70. The number of carbonyl (C=O) groups is 2. The molecule has 1 aromatic carbocycles. The van der Waals surface area contributed by atoms with E-state index >= 15 is 0 Å². The van der Waals surface area contributed by atoms with Gasteiger partial charge in [0.15, 0.2) is 11.4 Å². The third-order valence-electron chi connectivity index (χ3n) is 8.28. The number of benzene rings is 1. The summed E-state index contributed by atoms with van der Waals surface area (Å²) in [5, 5.41) is 12.7. The van der Waals surface area contributed by atoms with Crippen LogP contribution in [0.3, 0.4) is 0 Å². The molecule has 5 aromatic rings. The van der Waals surface area contributed by atoms with Crippen LogP contribution in [0, 0.1) is 5.82 Å². The van der Waals surface area contributed by atoms with Crippen LogP contribution in [0.25, 0.3) is 27.7 Å². The third kappa shape index (κ3) is 3.90. The van der Waals surface area contributed by atoms with Gasteiger partial charge in [-0.15, -0.1) is 10.2 Å². The zero-order chi connectivity index (χ0) is 28.4. The number of nitrogen functional groups attached to an aromatic ring is 1. The number of hydrogen-bond acceptors (Lipinski definition) is 9. The Hall–Kier alpha value is -4.94. The molecule has 3 atom stereocenters. The topological polar surface area (TPSA) is 157 Å². The minimum Gasteiger partial charge on any atom is -0.494 e. The molecule has 2 saturated heterocycles. The van der Waals surface area contributed by atoms with Gasteiger partial charge in [-0.3, -0.25) is 14.6 Å². The van der Waals surface area contributed by atoms with Crippen LogP contribution in [0.4, 0.5) is 10.2 Å². The van der Waals surface area contributed by atoms with Crippen molar-refractivity contribution in [2.75, 3.05) is 12.8 Å². The second-order valence-electron chi connectivity index (χ2n) is 10.6. The molecule has 4 aromatic heterocycles. The summed E-state index contributed by atoms with van der Waals surface area (Å²) >= 11 is 0. The van der Waals surface area contributed by atoms with Crippen LogP contribution in [-0.4, -0.2) is 70.5 Å². The van der Waals surface area contributed by atoms with Gasteiger partial charge in [0, 0.05) is 46.8 Å². The van der Waals surface area contributed by atoms with E-state index in [0.29, 0.717) is 57.5 Å². The van der Waals surface area contributed by atoms with Crippen molar-refractivity contribution in [3.63, 3.8) is 0 Å². The summed E-state index contributed by atoms with van der Waals surface area (Å²) < 4.78 is 21.0. The molecule has 7 rings (SSSR count). The number of aromatic nitrogens is 7. The number of halogens is 1. The van der Waals surface area contributed by atoms with Gasteiger partial charge in [0.05, 0.1) is 24.6 Å². The highest BCUT2D eigenvalue weighted by Crippen LogP contribution is 2.45. The van der Waals surface area contributed by atoms with Crippen LogP contribution in [-0.2, 0) is 0 Å². The zero-order valence-corrected chi connectivity index (χ0v) is 22.3. The van der Waals surface area contributed by atoms with E-state index in [2.05, 4.69) is 25.3 Å². The van der Waals surface area contributed by atoms with Crippen molar-refractivity contribution in [2.24, 2.45) is 0 Å². The number of ketones is 1. The maximum Gasteiger partial charge on any atom is 0.292 e. The van der Waals surface area contributed by atoms with Crippen molar-refractivity contribution >= 4 is 34.1 Å². The number of H-pyrrole nitrogens is 1. The van der Waals surface area contributed by atoms with Gasteiger partial charge in [0.1, 0.15) is 29.2 Å². The standard InChI is InChI=1S/C28H26FN9O3/c1-13(39)22-24(15-7-18-3-4-19(8-15)37(18)28(40)26-32-12-33-36-26)35-27-20(11-34-38(27)25(22)30)16-5-14-6-17(29)9-21(41-2)23(14)31-10-16/h5-6,9-12,15,18-19H,3-4,7-8,30H2,1-2H3,(H,32,33,36)/t15-,18-,19+. The molecule has 0 saturated carbocycles. The van der Waals surface area contributed by atoms with Gasteiger partial charge in [-0.2, -0.15) is 9.61 Å². The molecule has 2 bridgehead atoms. The number of carbonyl (C=O) groups excluding carboxylic acids is 2. The molecule has 3 N–H and O–H groups in total. The fourth-order valence-electron chi connectivity index (χ4n) is 6.54. The predicted octanol–water partition coefficient (Wildman–Crippen LogP) is 3.55. The summed E-state index contributed by atoms with van der Waals surface area (Å²) in [7, 11) is 1.47. The zero-order valence-electron chi connectivity index (χ0n) is 22.3. The summed E-state index contributed by atoms with van der Waals surface area (Å²) in [6.07, 6.45) is 7.66. The highest BCUT2D eigenvalue weighted by molar-refractivity contribution is 6.00. The van der Waals surface area contributed by atoms with Crippen molar-refractivity contribution in [2.45, 2.75) is 50.6 Å². The molecular formula is C28H26FN9O3. The lowest BCUT2D eigenvalue weighted by Crippen LogP contribution is -2.46. The van der Waals surface area contributed by atoms with E-state index in [-0.39, 0.29) is 41.3 Å². The Morgan fingerprint density at radius 2 is 1.93 bits per heavy atom. The van der Waals surface area contributed by atoms with Crippen molar-refractivity contribution in [3.8, 4) is 16.9 Å². The van der Waals surface area contributed by atoms with E-state index < -0.39 is 5.82 Å². The minimum absolute atomic E-state index is 0.0191. The molecule has 2 aliphatic heterocycles. The van der Waals surface area contributed by atoms with Crippen LogP contribution in [0.15, 0.2) is 36.9 Å². The molecule has 12 nitrogen and oxygen atoms in total. The van der Waals surface area contributed by atoms with Crippen LogP contribution in [0.5, 0.6) is 5.75 Å². The average Bonchev–Trinajstić information content (AvgIpc) is 3.70. The molecule has 41 heavy (non-hydrogen) atoms. The maximum atomic E-state index is 14.3. The van der Waals surface area contributed by atoms with Gasteiger partial charge in [0.2, 0.25) is 5.82 Å². The quantitative estimate of drug-likeness (QED) is 0.310. The van der Waals surface area contributed by atoms with Crippen LogP contribution in [0.2, 0.25) is 0 Å². The number of fused-ring (bicyclic) bond motifs is 4. The summed E-state index contributed by atoms with van der Waals surface area (Å²) in [6, 6.07) is 4.45. The van der Waals surface area contributed by atoms with Crippen molar-refractivity contribution in [1.82, 2.24) is 39.7 Å². The molecule has 1 amide bonds. The number of methoxy groups -OCH3 is 1. The van der Waals surface area contributed by atoms with Gasteiger partial charge in [-0.1, -0.05) is 0 Å². The molecule has 208 valence electrons. The summed E-state index contributed by atoms with van der Waals surface area (Å²) in [6.45, 7) is 1.47. The van der Waals surface area contributed by atoms with E-state index in [0.717, 1.165) is 12.8 Å². The van der Waals surface area contributed by atoms with Crippen LogP contribution in [0.1, 0.15) is 65.2 Å². The molecule has 2 fully saturated rings. The molecule has 0 unspecified atom stereocenters. The first-order chi connectivity index (χ1) is 19.8. The average molecular weight is 556 g/mol. The van der Waals surface area contributed by atoms with E-state index in [1.165, 1.54) is 37.0 Å². The SMILES string of the molecule is COc1cc(F)cc2cc(-c3cnn4c(N)c(C(C)=O)c([C@@H]5C[C@H]6CC[C@@H](C5)N6C(=O)c5nnc[nH]5)nc34)cnc12. The number of hydrogen-bond donors (Lipinski definition) is 2. The number of amides is 1. The number of ether oxygens (including phenoxy) is 1. The van der Waals surface area contributed by atoms with Crippen molar-refractivity contribution < 1.29 is 18.7 Å². The molecule has 0 spiro atoms. The third-order valence-corrected chi connectivity index (χ3v) is 8.28. The van der Waals surface area contributed by atoms with Gasteiger partial charge in [-0.05, 0) is 44.7 Å². The highest BCUT2D eigenvalue weighted by atomic mass is 19.1. The normalized spacial score (nSPS) is 20.2. The first-order valence-electron chi connectivity index (χ1n) is 13.3. The summed E-state index contributed by atoms with van der Waals surface area (Å²) in [4.78, 5) is 40.3. The number of nitrogens with zero attached hydrogens (tertiary/aromatic N) is 7. The Morgan fingerprint density at radius 3 is 2.61 bits per heavy atom. The number of rotatable bonds is 5. The van der Waals surface area contributed by atoms with E-state index in [1.807, 2.05) is 4.90 Å². The lowest BCUT2D eigenvalue weighted by molar-refractivity contribution is 0.0556. The second-order valence-corrected chi connectivity index (χ2v) is 10.6. The van der Waals surface area contributed by atoms with Gasteiger partial charge in [0.25, 0.3) is 5.91 Å². The number of aromatic amines is 1. The Balaban J connectivity index is 1.31. The Bertz CT molecular complexity index is 1840. The lowest BCUT2D eigenvalue weighted by Gasteiger charge is -2.38. The van der Waals surface area contributed by atoms with Crippen molar-refractivity contribution in [3.05, 3.63) is 59.8 Å². The van der Waals surface area contributed by atoms with E-state index in [4.69, 9.17) is 15.5 Å². The largest absolute Gasteiger partial charge is 0.494 e. The number of Topliss-reactive ketones (excluding diaryl/α,β-unsaturated/α-hetero) is 1. The molecular weight excluding hydrogens is 529 g/mol. The number of nitrogens with two attached hydrogens (primary N) is 1. The van der Waals surface area contributed by atoms with E-state index in [9.17, 15) is 14.0 Å². The number of anilines is 1. The summed E-state index contributed by atoms with van der Waals surface area (Å²) in [5.74, 6) is -0.133. The Morgan fingerprint density at radius 1 is 1.15 bits per heavy atom. The lowest BCUT2D eigenvalue weighted by atomic mass is 9.85. The van der Waals surface area contributed by atoms with Crippen molar-refractivity contribution in [1.29, 1.82) is 0 Å². The summed E-state index contributed by atoms with van der Waals surface area (Å²) in [5.41, 5.74) is 9.83. The number of piperidine rings is 1. The fraction of sp³-hybridized carbons (Fsp3) is 0.321. The van der Waals surface area contributed by atoms with Crippen LogP contribution >= 0.6 is 0 Å². The Labute approximate surface area is 232 Å². The predicted molar refractivity (Wildman–Crippen MR) is 146 cm³/mol. The molecule has 6 heterocycles. The van der Waals surface area contributed by atoms with Gasteiger partial charge >= 0.3 is 0 Å². The fourth-order valence-corrected chi connectivity index (χ4v) is 6.54. The molecule has 2 aliphatic rings. The maximum absolute atomic E-state index is 14.3. The first-order valence-corrected chi connectivity index (χ1v) is 13.3. The second kappa shape index (κ2) is 9.32. The molecule has 0 radical (unpaired) electrons. The van der Waals surface area contributed by atoms with Crippen LogP contribution < -0.4 is 10.5 Å². The van der Waals surface area contributed by atoms with Gasteiger partial charge in [-0.25, -0.2) is 9.37 Å². The first kappa shape index (κ1) is 25.1. The molecule has 13 heteroatoms. The van der Waals surface area contributed by atoms with E-state index in [1.54, 1.807) is 18.5 Å². The number of pyridine rings is 1. The minimum atomic E-state index is -0.438. The van der Waals surface area contributed by atoms with Gasteiger partial charge < -0.3 is 20.4 Å². The smallest absolute Gasteiger partial charge is 0.292 e. The highest BCUT2D eigenvalue weighted by Gasteiger charge is 2.45. The monoisotopic (exact) mass is 555 g/mol. The number of nitrogens with one attached hydrogen (secondary N) is 1.